The normalized spacial score (nSPS) is 10.4. The van der Waals surface area contributed by atoms with E-state index in [1.807, 2.05) is 42.5 Å². The van der Waals surface area contributed by atoms with Crippen LogP contribution in [0.2, 0.25) is 0 Å². The summed E-state index contributed by atoms with van der Waals surface area (Å²) in [6, 6.07) is 18.1. The van der Waals surface area contributed by atoms with Gasteiger partial charge in [0.1, 0.15) is 0 Å². The van der Waals surface area contributed by atoms with Gasteiger partial charge >= 0.3 is 0 Å². The Hall–Kier alpha value is -2.62. The summed E-state index contributed by atoms with van der Waals surface area (Å²) in [4.78, 5) is 25.9. The summed E-state index contributed by atoms with van der Waals surface area (Å²) in [5, 5.41) is 2.96. The van der Waals surface area contributed by atoms with Crippen LogP contribution in [0.3, 0.4) is 0 Å². The van der Waals surface area contributed by atoms with Crippen molar-refractivity contribution < 1.29 is 9.59 Å². The minimum atomic E-state index is -0.0554. The molecule has 0 unspecified atom stereocenters. The molecule has 0 aliphatic rings. The van der Waals surface area contributed by atoms with E-state index < -0.39 is 0 Å². The van der Waals surface area contributed by atoms with Crippen LogP contribution in [0, 0.1) is 0 Å². The molecule has 1 N–H and O–H groups in total. The third-order valence-corrected chi connectivity index (χ3v) is 4.46. The molecule has 26 heavy (non-hydrogen) atoms. The van der Waals surface area contributed by atoms with Crippen LogP contribution in [0.25, 0.3) is 0 Å². The van der Waals surface area contributed by atoms with Gasteiger partial charge in [-0.3, -0.25) is 9.59 Å². The van der Waals surface area contributed by atoms with Crippen molar-refractivity contribution in [2.75, 3.05) is 18.4 Å². The van der Waals surface area contributed by atoms with Crippen LogP contribution in [0.4, 0.5) is 5.69 Å². The lowest BCUT2D eigenvalue weighted by Crippen LogP contribution is -2.33. The minimum Gasteiger partial charge on any atom is -0.342 e. The molecule has 0 aliphatic heterocycles. The molecule has 4 nitrogen and oxygen atoms in total. The predicted molar refractivity (Wildman–Crippen MR) is 106 cm³/mol. The average Bonchev–Trinajstić information content (AvgIpc) is 2.65. The van der Waals surface area contributed by atoms with Crippen molar-refractivity contribution in [2.45, 2.75) is 39.5 Å². The van der Waals surface area contributed by atoms with Gasteiger partial charge in [0.25, 0.3) is 0 Å². The maximum Gasteiger partial charge on any atom is 0.226 e. The smallest absolute Gasteiger partial charge is 0.226 e. The first-order valence-corrected chi connectivity index (χ1v) is 9.27. The lowest BCUT2D eigenvalue weighted by atomic mass is 10.1. The van der Waals surface area contributed by atoms with E-state index >= 15 is 0 Å². The van der Waals surface area contributed by atoms with Crippen LogP contribution in [0.15, 0.2) is 54.6 Å². The second-order valence-corrected chi connectivity index (χ2v) is 6.40. The maximum absolute atomic E-state index is 12.3. The minimum absolute atomic E-state index is 0.0137. The molecule has 0 aliphatic carbocycles. The van der Waals surface area contributed by atoms with Crippen molar-refractivity contribution in [3.63, 3.8) is 0 Å². The molecule has 4 heteroatoms. The van der Waals surface area contributed by atoms with Crippen LogP contribution in [-0.4, -0.2) is 29.8 Å². The van der Waals surface area contributed by atoms with E-state index in [1.54, 1.807) is 11.8 Å². The number of aryl methyl sites for hydroxylation is 2. The second kappa shape index (κ2) is 10.4. The van der Waals surface area contributed by atoms with Crippen molar-refractivity contribution >= 4 is 17.5 Å². The Balaban J connectivity index is 1.80. The molecule has 138 valence electrons. The van der Waals surface area contributed by atoms with Crippen molar-refractivity contribution in [1.82, 2.24) is 4.90 Å². The van der Waals surface area contributed by atoms with Gasteiger partial charge in [-0.1, -0.05) is 55.5 Å². The molecule has 0 saturated heterocycles. The summed E-state index contributed by atoms with van der Waals surface area (Å²) in [7, 11) is 0. The van der Waals surface area contributed by atoms with Gasteiger partial charge in [0, 0.05) is 32.1 Å². The fourth-order valence-electron chi connectivity index (χ4n) is 2.95. The molecule has 2 amide bonds. The highest BCUT2D eigenvalue weighted by atomic mass is 16.2. The zero-order valence-corrected chi connectivity index (χ0v) is 15.7. The highest BCUT2D eigenvalue weighted by molar-refractivity contribution is 5.91. The molecule has 2 aromatic rings. The molecule has 0 saturated carbocycles. The molecule has 0 radical (unpaired) electrons. The third kappa shape index (κ3) is 6.36. The van der Waals surface area contributed by atoms with Gasteiger partial charge in [0.15, 0.2) is 0 Å². The summed E-state index contributed by atoms with van der Waals surface area (Å²) < 4.78 is 0. The highest BCUT2D eigenvalue weighted by Crippen LogP contribution is 2.15. The number of para-hydroxylation sites is 1. The number of amides is 2. The van der Waals surface area contributed by atoms with Crippen LogP contribution in [0.5, 0.6) is 0 Å². The van der Waals surface area contributed by atoms with Crippen molar-refractivity contribution in [2.24, 2.45) is 0 Å². The summed E-state index contributed by atoms with van der Waals surface area (Å²) >= 11 is 0. The van der Waals surface area contributed by atoms with Crippen molar-refractivity contribution in [1.29, 1.82) is 0 Å². The first kappa shape index (κ1) is 19.7. The van der Waals surface area contributed by atoms with E-state index in [0.29, 0.717) is 19.5 Å². The van der Waals surface area contributed by atoms with Gasteiger partial charge in [-0.25, -0.2) is 0 Å². The quantitative estimate of drug-likeness (QED) is 0.740. The molecule has 0 fully saturated rings. The predicted octanol–water partition coefficient (Wildman–Crippen LogP) is 4.06. The maximum atomic E-state index is 12.3. The van der Waals surface area contributed by atoms with E-state index in [0.717, 1.165) is 30.5 Å². The van der Waals surface area contributed by atoms with Crippen molar-refractivity contribution in [3.05, 3.63) is 65.7 Å². The first-order chi connectivity index (χ1) is 12.6. The van der Waals surface area contributed by atoms with E-state index in [2.05, 4.69) is 24.4 Å². The molecule has 0 spiro atoms. The van der Waals surface area contributed by atoms with E-state index in [-0.39, 0.29) is 11.8 Å². The van der Waals surface area contributed by atoms with Crippen LogP contribution < -0.4 is 5.32 Å². The van der Waals surface area contributed by atoms with Gasteiger partial charge in [-0.2, -0.15) is 0 Å². The summed E-state index contributed by atoms with van der Waals surface area (Å²) in [6.45, 7) is 4.75. The van der Waals surface area contributed by atoms with Gasteiger partial charge in [-0.05, 0) is 36.5 Å². The molecule has 2 rings (SSSR count). The Kier molecular flexibility index (Phi) is 7.87. The van der Waals surface area contributed by atoms with E-state index in [1.165, 1.54) is 5.56 Å². The average molecular weight is 352 g/mol. The number of carbonyl (C=O) groups is 2. The number of hydrogen-bond donors (Lipinski definition) is 1. The Bertz CT molecular complexity index is 713. The van der Waals surface area contributed by atoms with Gasteiger partial charge in [0.2, 0.25) is 11.8 Å². The van der Waals surface area contributed by atoms with Crippen LogP contribution in [-0.2, 0) is 22.4 Å². The molecule has 0 bridgehead atoms. The number of benzene rings is 2. The molecule has 0 heterocycles. The molecule has 2 aromatic carbocycles. The van der Waals surface area contributed by atoms with E-state index in [4.69, 9.17) is 0 Å². The first-order valence-electron chi connectivity index (χ1n) is 9.27. The lowest BCUT2D eigenvalue weighted by Gasteiger charge is -2.21. The van der Waals surface area contributed by atoms with Crippen LogP contribution >= 0.6 is 0 Å². The summed E-state index contributed by atoms with van der Waals surface area (Å²) in [6.07, 6.45) is 3.00. The number of carbonyl (C=O) groups excluding carboxylic acids is 2. The number of nitrogens with one attached hydrogen (secondary N) is 1. The number of rotatable bonds is 9. The summed E-state index contributed by atoms with van der Waals surface area (Å²) in [5.74, 6) is -0.0416. The van der Waals surface area contributed by atoms with E-state index in [9.17, 15) is 9.59 Å². The van der Waals surface area contributed by atoms with Gasteiger partial charge < -0.3 is 10.2 Å². The Morgan fingerprint density at radius 3 is 2.35 bits per heavy atom. The molecule has 0 aromatic heterocycles. The third-order valence-electron chi connectivity index (χ3n) is 4.46. The second-order valence-electron chi connectivity index (χ2n) is 6.40. The van der Waals surface area contributed by atoms with Gasteiger partial charge in [0.05, 0.1) is 0 Å². The zero-order chi connectivity index (χ0) is 18.8. The number of nitrogens with zero attached hydrogens (tertiary/aromatic N) is 1. The fourth-order valence-corrected chi connectivity index (χ4v) is 2.95. The number of hydrogen-bond acceptors (Lipinski definition) is 2. The fraction of sp³-hybridized carbons (Fsp3) is 0.364. The highest BCUT2D eigenvalue weighted by Gasteiger charge is 2.12. The van der Waals surface area contributed by atoms with Gasteiger partial charge in [-0.15, -0.1) is 0 Å². The SMILES string of the molecule is CCc1ccccc1NC(=O)CCN(CCCc1ccccc1)C(C)=O. The summed E-state index contributed by atoms with van der Waals surface area (Å²) in [5.41, 5.74) is 3.25. The zero-order valence-electron chi connectivity index (χ0n) is 15.7. The Labute approximate surface area is 156 Å². The number of anilines is 1. The molecule has 0 atom stereocenters. The topological polar surface area (TPSA) is 49.4 Å². The Morgan fingerprint density at radius 2 is 1.65 bits per heavy atom. The molecular weight excluding hydrogens is 324 g/mol. The van der Waals surface area contributed by atoms with Crippen molar-refractivity contribution in [3.8, 4) is 0 Å². The molecular formula is C22H28N2O2. The standard InChI is InChI=1S/C22H28N2O2/c1-3-20-13-7-8-14-21(20)23-22(26)15-17-24(18(2)25)16-9-12-19-10-5-4-6-11-19/h4-8,10-11,13-14H,3,9,12,15-17H2,1-2H3,(H,23,26). The largest absolute Gasteiger partial charge is 0.342 e. The lowest BCUT2D eigenvalue weighted by molar-refractivity contribution is -0.129. The van der Waals surface area contributed by atoms with Crippen LogP contribution in [0.1, 0.15) is 37.8 Å². The monoisotopic (exact) mass is 352 g/mol. The Morgan fingerprint density at radius 1 is 0.962 bits per heavy atom.